The Hall–Kier alpha value is -3.44. The van der Waals surface area contributed by atoms with Gasteiger partial charge in [-0.3, -0.25) is 9.52 Å². The molecule has 0 aliphatic carbocycles. The number of aromatic nitrogens is 2. The van der Waals surface area contributed by atoms with E-state index in [1.54, 1.807) is 57.4 Å². The molecule has 11 heteroatoms. The van der Waals surface area contributed by atoms with E-state index in [1.807, 2.05) is 6.07 Å². The molecule has 4 aromatic rings. The van der Waals surface area contributed by atoms with Crippen molar-refractivity contribution in [2.45, 2.75) is 11.4 Å². The largest absolute Gasteiger partial charge is 0.368 e. The van der Waals surface area contributed by atoms with E-state index < -0.39 is 10.0 Å². The van der Waals surface area contributed by atoms with Crippen molar-refractivity contribution in [3.63, 3.8) is 0 Å². The van der Waals surface area contributed by atoms with E-state index in [2.05, 4.69) is 14.6 Å². The van der Waals surface area contributed by atoms with Crippen LogP contribution >= 0.6 is 11.3 Å². The topological polar surface area (TPSA) is 87.5 Å². The van der Waals surface area contributed by atoms with Gasteiger partial charge in [-0.15, -0.1) is 11.3 Å². The van der Waals surface area contributed by atoms with E-state index in [1.165, 1.54) is 23.6 Å². The Balaban J connectivity index is 1.20. The van der Waals surface area contributed by atoms with Crippen LogP contribution in [-0.4, -0.2) is 55.0 Å². The molecule has 5 rings (SSSR count). The summed E-state index contributed by atoms with van der Waals surface area (Å²) in [6, 6.07) is 13.3. The van der Waals surface area contributed by atoms with Crippen LogP contribution in [0.15, 0.2) is 71.2 Å². The molecule has 176 valence electrons. The molecule has 1 amide bonds. The van der Waals surface area contributed by atoms with E-state index in [9.17, 15) is 17.6 Å². The third kappa shape index (κ3) is 4.48. The summed E-state index contributed by atoms with van der Waals surface area (Å²) in [6.07, 6.45) is 3.27. The third-order valence-corrected chi connectivity index (χ3v) is 8.02. The highest BCUT2D eigenvalue weighted by molar-refractivity contribution is 7.93. The molecule has 1 N–H and O–H groups in total. The van der Waals surface area contributed by atoms with Crippen molar-refractivity contribution in [2.75, 3.05) is 35.8 Å². The van der Waals surface area contributed by atoms with Gasteiger partial charge in [-0.05, 0) is 36.4 Å². The molecule has 0 spiro atoms. The number of carbonyl (C=O) groups excluding carboxylic acids is 1. The summed E-state index contributed by atoms with van der Waals surface area (Å²) in [7, 11) is -3.70. The molecular formula is C23H22FN5O3S2. The average Bonchev–Trinajstić information content (AvgIpc) is 3.50. The normalized spacial score (nSPS) is 14.5. The first-order valence-electron chi connectivity index (χ1n) is 10.7. The fourth-order valence-corrected chi connectivity index (χ4v) is 5.88. The minimum Gasteiger partial charge on any atom is -0.368 e. The molecule has 2 aromatic heterocycles. The molecule has 0 saturated carbocycles. The second kappa shape index (κ2) is 9.07. The Labute approximate surface area is 200 Å². The van der Waals surface area contributed by atoms with Gasteiger partial charge in [-0.1, -0.05) is 12.1 Å². The van der Waals surface area contributed by atoms with Gasteiger partial charge < -0.3 is 14.4 Å². The Kier molecular flexibility index (Phi) is 5.96. The van der Waals surface area contributed by atoms with Gasteiger partial charge in [-0.2, -0.15) is 0 Å². The maximum Gasteiger partial charge on any atom is 0.263 e. The first kappa shape index (κ1) is 22.4. The first-order chi connectivity index (χ1) is 16.4. The zero-order valence-corrected chi connectivity index (χ0v) is 19.7. The van der Waals surface area contributed by atoms with E-state index in [4.69, 9.17) is 0 Å². The summed E-state index contributed by atoms with van der Waals surface area (Å²) in [5.41, 5.74) is 1.33. The van der Waals surface area contributed by atoms with E-state index >= 15 is 0 Å². The molecule has 34 heavy (non-hydrogen) atoms. The van der Waals surface area contributed by atoms with Crippen LogP contribution in [0.4, 0.5) is 15.2 Å². The van der Waals surface area contributed by atoms with Crippen molar-refractivity contribution < 1.29 is 17.6 Å². The minimum atomic E-state index is -3.70. The number of halogens is 1. The van der Waals surface area contributed by atoms with Crippen LogP contribution in [0.5, 0.6) is 0 Å². The number of fused-ring (bicyclic) bond motifs is 1. The second-order valence-corrected chi connectivity index (χ2v) is 10.5. The third-order valence-electron chi connectivity index (χ3n) is 5.84. The number of hydrogen-bond acceptors (Lipinski definition) is 6. The van der Waals surface area contributed by atoms with Crippen LogP contribution in [0.3, 0.4) is 0 Å². The molecule has 0 unspecified atom stereocenters. The van der Waals surface area contributed by atoms with Crippen molar-refractivity contribution >= 4 is 49.0 Å². The number of benzene rings is 2. The summed E-state index contributed by atoms with van der Waals surface area (Å²) in [6.45, 7) is 2.40. The van der Waals surface area contributed by atoms with Crippen molar-refractivity contribution in [1.29, 1.82) is 0 Å². The lowest BCUT2D eigenvalue weighted by Crippen LogP contribution is -2.49. The molecule has 1 aliphatic heterocycles. The Morgan fingerprint density at radius 2 is 1.82 bits per heavy atom. The van der Waals surface area contributed by atoms with Gasteiger partial charge in [0.15, 0.2) is 5.13 Å². The second-order valence-electron chi connectivity index (χ2n) is 7.93. The number of piperazine rings is 1. The summed E-state index contributed by atoms with van der Waals surface area (Å²) in [5.74, 6) is -0.400. The van der Waals surface area contributed by atoms with Crippen molar-refractivity contribution in [3.05, 3.63) is 72.1 Å². The number of anilines is 2. The lowest BCUT2D eigenvalue weighted by atomic mass is 10.2. The summed E-state index contributed by atoms with van der Waals surface area (Å²) >= 11 is 1.21. The van der Waals surface area contributed by atoms with Crippen LogP contribution in [-0.2, 0) is 21.4 Å². The first-order valence-corrected chi connectivity index (χ1v) is 13.1. The molecule has 1 fully saturated rings. The van der Waals surface area contributed by atoms with E-state index in [0.29, 0.717) is 36.8 Å². The smallest absolute Gasteiger partial charge is 0.263 e. The zero-order chi connectivity index (χ0) is 23.7. The van der Waals surface area contributed by atoms with Gasteiger partial charge in [0.25, 0.3) is 10.0 Å². The Morgan fingerprint density at radius 1 is 1.06 bits per heavy atom. The van der Waals surface area contributed by atoms with Crippen molar-refractivity contribution in [1.82, 2.24) is 14.5 Å². The molecule has 0 atom stereocenters. The highest BCUT2D eigenvalue weighted by atomic mass is 32.2. The van der Waals surface area contributed by atoms with Crippen molar-refractivity contribution in [3.8, 4) is 0 Å². The number of nitrogens with zero attached hydrogens (tertiary/aromatic N) is 4. The Morgan fingerprint density at radius 3 is 2.53 bits per heavy atom. The fourth-order valence-electron chi connectivity index (χ4n) is 4.09. The molecule has 8 nitrogen and oxygen atoms in total. The molecule has 0 bridgehead atoms. The van der Waals surface area contributed by atoms with Gasteiger partial charge >= 0.3 is 0 Å². The lowest BCUT2D eigenvalue weighted by molar-refractivity contribution is -0.132. The quantitative estimate of drug-likeness (QED) is 0.440. The van der Waals surface area contributed by atoms with Gasteiger partial charge in [0.2, 0.25) is 5.91 Å². The molecule has 3 heterocycles. The predicted octanol–water partition coefficient (Wildman–Crippen LogP) is 3.39. The predicted molar refractivity (Wildman–Crippen MR) is 130 cm³/mol. The summed E-state index contributed by atoms with van der Waals surface area (Å²) in [5, 5.41) is 2.79. The fraction of sp³-hybridized carbons (Fsp3) is 0.217. The number of amides is 1. The maximum absolute atomic E-state index is 14.2. The summed E-state index contributed by atoms with van der Waals surface area (Å²) in [4.78, 5) is 20.8. The van der Waals surface area contributed by atoms with Crippen LogP contribution in [0.2, 0.25) is 0 Å². The SMILES string of the molecule is O=C(Cn1ccc2cccc(F)c21)N1CCN(c2ccc(S(=O)(=O)Nc3nccs3)cc2)CC1. The Bertz CT molecular complexity index is 1410. The number of hydrogen-bond donors (Lipinski definition) is 1. The van der Waals surface area contributed by atoms with Crippen LogP contribution in [0, 0.1) is 5.82 Å². The highest BCUT2D eigenvalue weighted by Crippen LogP contribution is 2.23. The molecular weight excluding hydrogens is 477 g/mol. The molecule has 0 radical (unpaired) electrons. The average molecular weight is 500 g/mol. The number of para-hydroxylation sites is 1. The number of nitrogens with one attached hydrogen (secondary N) is 1. The standard InChI is InChI=1S/C23H22FN5O3S2/c24-20-3-1-2-17-8-10-29(22(17)20)16-21(30)28-13-11-27(12-14-28)18-4-6-19(7-5-18)34(31,32)26-23-25-9-15-33-23/h1-10,15H,11-14,16H2,(H,25,26). The highest BCUT2D eigenvalue weighted by Gasteiger charge is 2.23. The van der Waals surface area contributed by atoms with Crippen LogP contribution < -0.4 is 9.62 Å². The number of thiazole rings is 1. The van der Waals surface area contributed by atoms with Gasteiger partial charge in [-0.25, -0.2) is 17.8 Å². The van der Waals surface area contributed by atoms with Gasteiger partial charge in [0.1, 0.15) is 12.4 Å². The molecule has 1 aliphatic rings. The van der Waals surface area contributed by atoms with Gasteiger partial charge in [0.05, 0.1) is 10.4 Å². The zero-order valence-electron chi connectivity index (χ0n) is 18.1. The van der Waals surface area contributed by atoms with Crippen LogP contribution in [0.25, 0.3) is 10.9 Å². The van der Waals surface area contributed by atoms with E-state index in [-0.39, 0.29) is 23.2 Å². The van der Waals surface area contributed by atoms with Crippen molar-refractivity contribution in [2.24, 2.45) is 0 Å². The maximum atomic E-state index is 14.2. The minimum absolute atomic E-state index is 0.0601. The van der Waals surface area contributed by atoms with Crippen LogP contribution in [0.1, 0.15) is 0 Å². The lowest BCUT2D eigenvalue weighted by Gasteiger charge is -2.36. The number of rotatable bonds is 6. The summed E-state index contributed by atoms with van der Waals surface area (Å²) < 4.78 is 43.3. The van der Waals surface area contributed by atoms with E-state index in [0.717, 1.165) is 11.1 Å². The number of carbonyl (C=O) groups is 1. The molecule has 2 aromatic carbocycles. The van der Waals surface area contributed by atoms with Gasteiger partial charge in [0, 0.05) is 55.0 Å². The monoisotopic (exact) mass is 499 g/mol. The molecule has 1 saturated heterocycles. The number of sulfonamides is 1.